The monoisotopic (exact) mass is 326 g/mol. The molecule has 0 unspecified atom stereocenters. The van der Waals surface area contributed by atoms with Crippen LogP contribution in [-0.4, -0.2) is 27.5 Å². The maximum atomic E-state index is 11.8. The molecule has 0 fully saturated rings. The number of halogens is 1. The summed E-state index contributed by atoms with van der Waals surface area (Å²) < 4.78 is 27.1. The van der Waals surface area contributed by atoms with Crippen molar-refractivity contribution in [2.45, 2.75) is 24.1 Å². The molecule has 0 amide bonds. The van der Waals surface area contributed by atoms with Gasteiger partial charge in [0, 0.05) is 23.6 Å². The van der Waals surface area contributed by atoms with Crippen LogP contribution in [0.2, 0.25) is 0 Å². The molecule has 0 aliphatic carbocycles. The first kappa shape index (κ1) is 14.1. The van der Waals surface area contributed by atoms with Crippen molar-refractivity contribution >= 4 is 37.3 Å². The summed E-state index contributed by atoms with van der Waals surface area (Å²) in [6, 6.07) is 2.09. The quantitative estimate of drug-likeness (QED) is 0.783. The van der Waals surface area contributed by atoms with E-state index in [9.17, 15) is 8.42 Å². The largest absolute Gasteiger partial charge is 0.313 e. The molecule has 0 saturated heterocycles. The zero-order chi connectivity index (χ0) is 12.2. The fourth-order valence-corrected chi connectivity index (χ4v) is 4.50. The van der Waals surface area contributed by atoms with E-state index in [1.54, 1.807) is 11.4 Å². The second-order valence-corrected chi connectivity index (χ2v) is 7.30. The van der Waals surface area contributed by atoms with Gasteiger partial charge in [-0.3, -0.25) is 0 Å². The van der Waals surface area contributed by atoms with E-state index in [0.29, 0.717) is 27.8 Å². The molecule has 1 aromatic rings. The number of sulfonamides is 1. The lowest BCUT2D eigenvalue weighted by atomic mass is 10.4. The first-order valence-electron chi connectivity index (χ1n) is 4.89. The Hall–Kier alpha value is 0.0500. The van der Waals surface area contributed by atoms with E-state index < -0.39 is 10.0 Å². The molecule has 1 heterocycles. The molecule has 0 spiro atoms. The van der Waals surface area contributed by atoms with E-state index >= 15 is 0 Å². The topological polar surface area (TPSA) is 58.2 Å². The molecule has 0 bridgehead atoms. The van der Waals surface area contributed by atoms with Gasteiger partial charge in [0.25, 0.3) is 10.0 Å². The summed E-state index contributed by atoms with van der Waals surface area (Å²) in [5.74, 6) is 0. The summed E-state index contributed by atoms with van der Waals surface area (Å²) in [5.41, 5.74) is 0. The minimum atomic E-state index is -3.36. The average molecular weight is 327 g/mol. The number of rotatable bonds is 6. The Labute approximate surface area is 109 Å². The van der Waals surface area contributed by atoms with Crippen molar-refractivity contribution in [3.8, 4) is 0 Å². The van der Waals surface area contributed by atoms with Crippen LogP contribution in [0.4, 0.5) is 0 Å². The molecule has 0 radical (unpaired) electrons. The lowest BCUT2D eigenvalue weighted by Crippen LogP contribution is -2.34. The van der Waals surface area contributed by atoms with Gasteiger partial charge in [-0.2, -0.15) is 0 Å². The second kappa shape index (κ2) is 6.11. The molecule has 0 atom stereocenters. The van der Waals surface area contributed by atoms with Crippen molar-refractivity contribution in [2.75, 3.05) is 13.1 Å². The molecule has 4 nitrogen and oxygen atoms in total. The SMILES string of the molecule is CC(C)NCCNS(=O)(=O)c1sccc1Br. The number of hydrogen-bond acceptors (Lipinski definition) is 4. The highest BCUT2D eigenvalue weighted by Crippen LogP contribution is 2.26. The van der Waals surface area contributed by atoms with Crippen molar-refractivity contribution in [3.63, 3.8) is 0 Å². The van der Waals surface area contributed by atoms with Crippen LogP contribution in [0.1, 0.15) is 13.8 Å². The van der Waals surface area contributed by atoms with Crippen LogP contribution in [0.25, 0.3) is 0 Å². The van der Waals surface area contributed by atoms with Crippen molar-refractivity contribution in [2.24, 2.45) is 0 Å². The number of thiophene rings is 1. The fraction of sp³-hybridized carbons (Fsp3) is 0.556. The Kier molecular flexibility index (Phi) is 5.39. The standard InChI is InChI=1S/C9H15BrN2O2S2/c1-7(2)11-4-5-12-16(13,14)9-8(10)3-6-15-9/h3,6-7,11-12H,4-5H2,1-2H3. The molecule has 0 aliphatic heterocycles. The Morgan fingerprint density at radius 3 is 2.62 bits per heavy atom. The molecular formula is C9H15BrN2O2S2. The fourth-order valence-electron chi connectivity index (χ4n) is 1.08. The molecule has 16 heavy (non-hydrogen) atoms. The van der Waals surface area contributed by atoms with E-state index in [4.69, 9.17) is 0 Å². The van der Waals surface area contributed by atoms with Gasteiger partial charge in [-0.25, -0.2) is 13.1 Å². The Morgan fingerprint density at radius 1 is 1.44 bits per heavy atom. The van der Waals surface area contributed by atoms with Gasteiger partial charge in [0.2, 0.25) is 0 Å². The summed E-state index contributed by atoms with van der Waals surface area (Å²) in [6.07, 6.45) is 0. The van der Waals surface area contributed by atoms with Crippen molar-refractivity contribution in [1.29, 1.82) is 0 Å². The normalized spacial score (nSPS) is 12.2. The highest BCUT2D eigenvalue weighted by molar-refractivity contribution is 9.10. The van der Waals surface area contributed by atoms with E-state index in [-0.39, 0.29) is 0 Å². The number of nitrogens with one attached hydrogen (secondary N) is 2. The van der Waals surface area contributed by atoms with Crippen LogP contribution < -0.4 is 10.0 Å². The van der Waals surface area contributed by atoms with Gasteiger partial charge in [0.15, 0.2) is 0 Å². The molecule has 0 aliphatic rings. The third-order valence-electron chi connectivity index (χ3n) is 1.80. The average Bonchev–Trinajstić information content (AvgIpc) is 2.59. The summed E-state index contributed by atoms with van der Waals surface area (Å²) in [5, 5.41) is 4.88. The second-order valence-electron chi connectivity index (χ2n) is 3.56. The summed E-state index contributed by atoms with van der Waals surface area (Å²) in [4.78, 5) is 0. The van der Waals surface area contributed by atoms with Gasteiger partial charge in [0.1, 0.15) is 4.21 Å². The van der Waals surface area contributed by atoms with Crippen molar-refractivity contribution < 1.29 is 8.42 Å². The zero-order valence-electron chi connectivity index (χ0n) is 9.16. The smallest absolute Gasteiger partial charge is 0.251 e. The summed E-state index contributed by atoms with van der Waals surface area (Å²) in [6.45, 7) is 5.06. The Bertz CT molecular complexity index is 428. The lowest BCUT2D eigenvalue weighted by Gasteiger charge is -2.09. The van der Waals surface area contributed by atoms with Gasteiger partial charge < -0.3 is 5.32 Å². The Morgan fingerprint density at radius 2 is 2.12 bits per heavy atom. The van der Waals surface area contributed by atoms with Crippen LogP contribution in [0.5, 0.6) is 0 Å². The molecule has 92 valence electrons. The van der Waals surface area contributed by atoms with Crippen molar-refractivity contribution in [3.05, 3.63) is 15.9 Å². The number of hydrogen-bond donors (Lipinski definition) is 2. The van der Waals surface area contributed by atoms with E-state index in [2.05, 4.69) is 26.0 Å². The van der Waals surface area contributed by atoms with E-state index in [1.165, 1.54) is 11.3 Å². The maximum Gasteiger partial charge on any atom is 0.251 e. The van der Waals surface area contributed by atoms with Crippen LogP contribution >= 0.6 is 27.3 Å². The minimum absolute atomic E-state index is 0.331. The molecule has 1 aromatic heterocycles. The molecule has 0 saturated carbocycles. The molecule has 1 rings (SSSR count). The summed E-state index contributed by atoms with van der Waals surface area (Å²) >= 11 is 4.41. The maximum absolute atomic E-state index is 11.8. The summed E-state index contributed by atoms with van der Waals surface area (Å²) in [7, 11) is -3.36. The van der Waals surface area contributed by atoms with Crippen molar-refractivity contribution in [1.82, 2.24) is 10.0 Å². The third kappa shape index (κ3) is 4.14. The van der Waals surface area contributed by atoms with Gasteiger partial charge in [0.05, 0.1) is 0 Å². The van der Waals surface area contributed by atoms with E-state index in [0.717, 1.165) is 0 Å². The zero-order valence-corrected chi connectivity index (χ0v) is 12.4. The lowest BCUT2D eigenvalue weighted by molar-refractivity contribution is 0.561. The van der Waals surface area contributed by atoms with Crippen LogP contribution in [-0.2, 0) is 10.0 Å². The first-order chi connectivity index (χ1) is 7.43. The van der Waals surface area contributed by atoms with E-state index in [1.807, 2.05) is 13.8 Å². The van der Waals surface area contributed by atoms with Gasteiger partial charge in [-0.1, -0.05) is 13.8 Å². The van der Waals surface area contributed by atoms with Crippen LogP contribution in [0.15, 0.2) is 20.1 Å². The highest BCUT2D eigenvalue weighted by Gasteiger charge is 2.18. The first-order valence-corrected chi connectivity index (χ1v) is 8.05. The molecular weight excluding hydrogens is 312 g/mol. The third-order valence-corrected chi connectivity index (χ3v) is 5.93. The predicted molar refractivity (Wildman–Crippen MR) is 70.3 cm³/mol. The van der Waals surface area contributed by atoms with Gasteiger partial charge in [-0.05, 0) is 27.4 Å². The Balaban J connectivity index is 2.51. The predicted octanol–water partition coefficient (Wildman–Crippen LogP) is 1.79. The molecule has 7 heteroatoms. The molecule has 0 aromatic carbocycles. The van der Waals surface area contributed by atoms with Gasteiger partial charge in [-0.15, -0.1) is 11.3 Å². The molecule has 2 N–H and O–H groups in total. The van der Waals surface area contributed by atoms with Crippen LogP contribution in [0, 0.1) is 0 Å². The minimum Gasteiger partial charge on any atom is -0.313 e. The van der Waals surface area contributed by atoms with Gasteiger partial charge >= 0.3 is 0 Å². The van der Waals surface area contributed by atoms with Crippen LogP contribution in [0.3, 0.4) is 0 Å². The highest BCUT2D eigenvalue weighted by atomic mass is 79.9.